The summed E-state index contributed by atoms with van der Waals surface area (Å²) in [4.78, 5) is 16.2. The third-order valence-electron chi connectivity index (χ3n) is 2.66. The van der Waals surface area contributed by atoms with Crippen molar-refractivity contribution in [2.45, 2.75) is 13.5 Å². The van der Waals surface area contributed by atoms with Gasteiger partial charge in [-0.15, -0.1) is 0 Å². The van der Waals surface area contributed by atoms with Crippen LogP contribution in [0.15, 0.2) is 42.6 Å². The fourth-order valence-electron chi connectivity index (χ4n) is 1.76. The van der Waals surface area contributed by atoms with E-state index in [0.717, 1.165) is 11.1 Å². The van der Waals surface area contributed by atoms with Gasteiger partial charge in [0, 0.05) is 18.9 Å². The van der Waals surface area contributed by atoms with E-state index >= 15 is 0 Å². The molecule has 0 spiro atoms. The SMILES string of the molecule is COCc1cccc(C(=O)Nc2cc(C)ccn2)c1. The van der Waals surface area contributed by atoms with Gasteiger partial charge in [-0.25, -0.2) is 4.98 Å². The zero-order valence-corrected chi connectivity index (χ0v) is 11.0. The highest BCUT2D eigenvalue weighted by Crippen LogP contribution is 2.10. The molecule has 0 saturated heterocycles. The maximum Gasteiger partial charge on any atom is 0.256 e. The van der Waals surface area contributed by atoms with E-state index < -0.39 is 0 Å². The number of amides is 1. The van der Waals surface area contributed by atoms with Gasteiger partial charge in [-0.05, 0) is 42.3 Å². The van der Waals surface area contributed by atoms with Gasteiger partial charge in [-0.3, -0.25) is 4.79 Å². The Bertz CT molecular complexity index is 582. The van der Waals surface area contributed by atoms with Gasteiger partial charge in [-0.2, -0.15) is 0 Å². The predicted octanol–water partition coefficient (Wildman–Crippen LogP) is 2.79. The molecule has 2 aromatic rings. The van der Waals surface area contributed by atoms with Gasteiger partial charge in [0.05, 0.1) is 6.61 Å². The van der Waals surface area contributed by atoms with Crippen LogP contribution in [0.4, 0.5) is 5.82 Å². The molecular formula is C15H16N2O2. The van der Waals surface area contributed by atoms with Crippen LogP contribution in [0.5, 0.6) is 0 Å². The smallest absolute Gasteiger partial charge is 0.256 e. The van der Waals surface area contributed by atoms with Crippen LogP contribution in [0.1, 0.15) is 21.5 Å². The Morgan fingerprint density at radius 2 is 2.16 bits per heavy atom. The normalized spacial score (nSPS) is 10.2. The van der Waals surface area contributed by atoms with Crippen LogP contribution in [0.25, 0.3) is 0 Å². The molecule has 0 aliphatic carbocycles. The lowest BCUT2D eigenvalue weighted by molar-refractivity contribution is 0.102. The summed E-state index contributed by atoms with van der Waals surface area (Å²) < 4.78 is 5.05. The van der Waals surface area contributed by atoms with Crippen molar-refractivity contribution in [3.05, 3.63) is 59.3 Å². The van der Waals surface area contributed by atoms with Crippen molar-refractivity contribution in [3.63, 3.8) is 0 Å². The third-order valence-corrected chi connectivity index (χ3v) is 2.66. The maximum absolute atomic E-state index is 12.1. The number of aromatic nitrogens is 1. The number of hydrogen-bond acceptors (Lipinski definition) is 3. The zero-order valence-electron chi connectivity index (χ0n) is 11.0. The first-order valence-corrected chi connectivity index (χ1v) is 6.01. The number of hydrogen-bond donors (Lipinski definition) is 1. The monoisotopic (exact) mass is 256 g/mol. The Hall–Kier alpha value is -2.20. The summed E-state index contributed by atoms with van der Waals surface area (Å²) in [6.07, 6.45) is 1.67. The molecule has 0 atom stereocenters. The van der Waals surface area contributed by atoms with Crippen molar-refractivity contribution in [3.8, 4) is 0 Å². The van der Waals surface area contributed by atoms with Crippen molar-refractivity contribution in [2.24, 2.45) is 0 Å². The number of carbonyl (C=O) groups is 1. The molecule has 2 rings (SSSR count). The summed E-state index contributed by atoms with van der Waals surface area (Å²) in [5.41, 5.74) is 2.61. The van der Waals surface area contributed by atoms with E-state index in [-0.39, 0.29) is 5.91 Å². The van der Waals surface area contributed by atoms with E-state index in [2.05, 4.69) is 10.3 Å². The van der Waals surface area contributed by atoms with Gasteiger partial charge < -0.3 is 10.1 Å². The molecule has 1 aromatic carbocycles. The zero-order chi connectivity index (χ0) is 13.7. The summed E-state index contributed by atoms with van der Waals surface area (Å²) in [6, 6.07) is 11.1. The van der Waals surface area contributed by atoms with Crippen molar-refractivity contribution in [1.82, 2.24) is 4.98 Å². The molecular weight excluding hydrogens is 240 g/mol. The first-order valence-electron chi connectivity index (χ1n) is 6.01. The fraction of sp³-hybridized carbons (Fsp3) is 0.200. The van der Waals surface area contributed by atoms with E-state index in [1.807, 2.05) is 37.3 Å². The molecule has 0 saturated carbocycles. The van der Waals surface area contributed by atoms with Crippen LogP contribution < -0.4 is 5.32 Å². The van der Waals surface area contributed by atoms with Gasteiger partial charge in [0.15, 0.2) is 0 Å². The minimum atomic E-state index is -0.170. The fourth-order valence-corrected chi connectivity index (χ4v) is 1.76. The molecule has 0 aliphatic rings. The van der Waals surface area contributed by atoms with Gasteiger partial charge in [0.25, 0.3) is 5.91 Å². The predicted molar refractivity (Wildman–Crippen MR) is 74.1 cm³/mol. The molecule has 98 valence electrons. The van der Waals surface area contributed by atoms with Crippen LogP contribution in [0.3, 0.4) is 0 Å². The average molecular weight is 256 g/mol. The second kappa shape index (κ2) is 6.11. The third kappa shape index (κ3) is 3.63. The highest BCUT2D eigenvalue weighted by molar-refractivity contribution is 6.03. The number of aryl methyl sites for hydroxylation is 1. The Balaban J connectivity index is 2.13. The Morgan fingerprint density at radius 3 is 2.89 bits per heavy atom. The second-order valence-electron chi connectivity index (χ2n) is 4.31. The lowest BCUT2D eigenvalue weighted by Gasteiger charge is -2.06. The van der Waals surface area contributed by atoms with Crippen molar-refractivity contribution < 1.29 is 9.53 Å². The van der Waals surface area contributed by atoms with Crippen molar-refractivity contribution >= 4 is 11.7 Å². The first-order chi connectivity index (χ1) is 9.19. The lowest BCUT2D eigenvalue weighted by atomic mass is 10.1. The number of carbonyl (C=O) groups excluding carboxylic acids is 1. The minimum Gasteiger partial charge on any atom is -0.380 e. The Morgan fingerprint density at radius 1 is 1.32 bits per heavy atom. The average Bonchev–Trinajstić information content (AvgIpc) is 2.39. The molecule has 0 aliphatic heterocycles. The van der Waals surface area contributed by atoms with Gasteiger partial charge in [0.2, 0.25) is 0 Å². The van der Waals surface area contributed by atoms with Crippen LogP contribution in [-0.2, 0) is 11.3 Å². The Labute approximate surface area is 112 Å². The molecule has 4 heteroatoms. The molecule has 1 N–H and O–H groups in total. The van der Waals surface area contributed by atoms with Crippen LogP contribution in [0, 0.1) is 6.92 Å². The van der Waals surface area contributed by atoms with Crippen LogP contribution >= 0.6 is 0 Å². The summed E-state index contributed by atoms with van der Waals surface area (Å²) in [7, 11) is 1.63. The quantitative estimate of drug-likeness (QED) is 0.915. The topological polar surface area (TPSA) is 51.2 Å². The molecule has 0 unspecified atom stereocenters. The molecule has 0 fully saturated rings. The molecule has 1 heterocycles. The van der Waals surface area contributed by atoms with E-state index in [9.17, 15) is 4.79 Å². The van der Waals surface area contributed by atoms with Crippen molar-refractivity contribution in [2.75, 3.05) is 12.4 Å². The number of pyridine rings is 1. The van der Waals surface area contributed by atoms with E-state index in [1.165, 1.54) is 0 Å². The molecule has 0 radical (unpaired) electrons. The molecule has 19 heavy (non-hydrogen) atoms. The second-order valence-corrected chi connectivity index (χ2v) is 4.31. The van der Waals surface area contributed by atoms with Gasteiger partial charge in [0.1, 0.15) is 5.82 Å². The lowest BCUT2D eigenvalue weighted by Crippen LogP contribution is -2.13. The summed E-state index contributed by atoms with van der Waals surface area (Å²) in [6.45, 7) is 2.44. The standard InChI is InChI=1S/C15H16N2O2/c1-11-6-7-16-14(8-11)17-15(18)13-5-3-4-12(9-13)10-19-2/h3-9H,10H2,1-2H3,(H,16,17,18). The van der Waals surface area contributed by atoms with E-state index in [1.54, 1.807) is 19.4 Å². The number of benzene rings is 1. The van der Waals surface area contributed by atoms with Crippen molar-refractivity contribution in [1.29, 1.82) is 0 Å². The van der Waals surface area contributed by atoms with Crippen LogP contribution in [-0.4, -0.2) is 18.0 Å². The highest BCUT2D eigenvalue weighted by atomic mass is 16.5. The highest BCUT2D eigenvalue weighted by Gasteiger charge is 2.07. The number of rotatable bonds is 4. The van der Waals surface area contributed by atoms with E-state index in [4.69, 9.17) is 4.74 Å². The maximum atomic E-state index is 12.1. The number of nitrogens with zero attached hydrogens (tertiary/aromatic N) is 1. The minimum absolute atomic E-state index is 0.170. The van der Waals surface area contributed by atoms with E-state index in [0.29, 0.717) is 18.0 Å². The van der Waals surface area contributed by atoms with Gasteiger partial charge >= 0.3 is 0 Å². The molecule has 4 nitrogen and oxygen atoms in total. The van der Waals surface area contributed by atoms with Crippen LogP contribution in [0.2, 0.25) is 0 Å². The number of nitrogens with one attached hydrogen (secondary N) is 1. The Kier molecular flexibility index (Phi) is 4.26. The molecule has 0 bridgehead atoms. The largest absolute Gasteiger partial charge is 0.380 e. The number of anilines is 1. The first kappa shape index (κ1) is 13.2. The summed E-state index contributed by atoms with van der Waals surface area (Å²) >= 11 is 0. The summed E-state index contributed by atoms with van der Waals surface area (Å²) in [5.74, 6) is 0.387. The van der Waals surface area contributed by atoms with Gasteiger partial charge in [-0.1, -0.05) is 12.1 Å². The molecule has 1 amide bonds. The molecule has 1 aromatic heterocycles. The number of ether oxygens (including phenoxy) is 1. The summed E-state index contributed by atoms with van der Waals surface area (Å²) in [5, 5.41) is 2.78. The number of methoxy groups -OCH3 is 1.